The number of benzene rings is 1. The number of hydrogen-bond donors (Lipinski definition) is 3. The fourth-order valence-electron chi connectivity index (χ4n) is 2.86. The van der Waals surface area contributed by atoms with E-state index < -0.39 is 11.2 Å². The summed E-state index contributed by atoms with van der Waals surface area (Å²) in [5.41, 5.74) is 1.21. The van der Waals surface area contributed by atoms with Crippen molar-refractivity contribution in [1.29, 1.82) is 0 Å². The summed E-state index contributed by atoms with van der Waals surface area (Å²) in [4.78, 5) is 25.8. The zero-order chi connectivity index (χ0) is 17.6. The molecule has 0 bridgehead atoms. The highest BCUT2D eigenvalue weighted by Gasteiger charge is 2.15. The number of anilines is 2. The van der Waals surface area contributed by atoms with Crippen LogP contribution in [0, 0.1) is 0 Å². The molecule has 1 aromatic heterocycles. The van der Waals surface area contributed by atoms with Gasteiger partial charge in [0.1, 0.15) is 12.0 Å². The Labute approximate surface area is 145 Å². The molecule has 1 aromatic carbocycles. The second-order valence-corrected chi connectivity index (χ2v) is 5.97. The number of amides is 2. The van der Waals surface area contributed by atoms with E-state index in [0.717, 1.165) is 49.6 Å². The third kappa shape index (κ3) is 4.32. The summed E-state index contributed by atoms with van der Waals surface area (Å²) in [5.74, 6) is -0.189. The van der Waals surface area contributed by atoms with Gasteiger partial charge in [0, 0.05) is 19.2 Å². The molecule has 132 valence electrons. The Hall–Kier alpha value is -2.96. The lowest BCUT2D eigenvalue weighted by atomic mass is 10.1. The summed E-state index contributed by atoms with van der Waals surface area (Å²) in [6.07, 6.45) is 4.51. The van der Waals surface area contributed by atoms with E-state index in [1.807, 2.05) is 24.3 Å². The lowest BCUT2D eigenvalue weighted by Crippen LogP contribution is -2.32. The van der Waals surface area contributed by atoms with E-state index in [-0.39, 0.29) is 18.3 Å². The predicted molar refractivity (Wildman–Crippen MR) is 95.0 cm³/mol. The molecule has 2 amide bonds. The van der Waals surface area contributed by atoms with Crippen LogP contribution in [0.3, 0.4) is 0 Å². The number of nitrogens with one attached hydrogen (secondary N) is 2. The van der Waals surface area contributed by atoms with Crippen molar-refractivity contribution in [3.63, 3.8) is 0 Å². The van der Waals surface area contributed by atoms with Crippen LogP contribution in [0.25, 0.3) is 0 Å². The van der Waals surface area contributed by atoms with Gasteiger partial charge >= 0.3 is 6.03 Å². The van der Waals surface area contributed by atoms with Crippen molar-refractivity contribution in [1.82, 2.24) is 5.32 Å². The van der Waals surface area contributed by atoms with Crippen LogP contribution >= 0.6 is 0 Å². The van der Waals surface area contributed by atoms with Crippen molar-refractivity contribution < 1.29 is 14.3 Å². The largest absolute Gasteiger partial charge is 0.502 e. The van der Waals surface area contributed by atoms with Gasteiger partial charge in [-0.25, -0.2) is 4.79 Å². The molecule has 7 nitrogen and oxygen atoms in total. The van der Waals surface area contributed by atoms with Crippen molar-refractivity contribution in [3.8, 4) is 5.75 Å². The van der Waals surface area contributed by atoms with Crippen molar-refractivity contribution in [2.75, 3.05) is 23.3 Å². The van der Waals surface area contributed by atoms with E-state index >= 15 is 0 Å². The quantitative estimate of drug-likeness (QED) is 0.793. The predicted octanol–water partition coefficient (Wildman–Crippen LogP) is 2.66. The number of para-hydroxylation sites is 2. The molecular formula is C18H21N3O4. The van der Waals surface area contributed by atoms with Gasteiger partial charge in [-0.2, -0.15) is 0 Å². The number of carbonyl (C=O) groups excluding carboxylic acids is 1. The molecule has 7 heteroatoms. The molecule has 2 aromatic rings. The van der Waals surface area contributed by atoms with Crippen LogP contribution in [0.1, 0.15) is 25.0 Å². The first-order chi connectivity index (χ1) is 12.1. The first-order valence-corrected chi connectivity index (χ1v) is 8.33. The third-order valence-electron chi connectivity index (χ3n) is 4.14. The fourth-order valence-corrected chi connectivity index (χ4v) is 2.86. The lowest BCUT2D eigenvalue weighted by Gasteiger charge is -2.30. The Bertz CT molecular complexity index is 797. The van der Waals surface area contributed by atoms with E-state index in [0.29, 0.717) is 0 Å². The summed E-state index contributed by atoms with van der Waals surface area (Å²) >= 11 is 0. The maximum absolute atomic E-state index is 12.2. The minimum atomic E-state index is -0.543. The topological polar surface area (TPSA) is 94.8 Å². The molecule has 0 saturated carbocycles. The van der Waals surface area contributed by atoms with Crippen molar-refractivity contribution in [2.45, 2.75) is 25.8 Å². The average Bonchev–Trinajstić information content (AvgIpc) is 2.64. The van der Waals surface area contributed by atoms with E-state index in [1.54, 1.807) is 0 Å². The van der Waals surface area contributed by atoms with Gasteiger partial charge in [0.15, 0.2) is 5.75 Å². The second-order valence-electron chi connectivity index (χ2n) is 5.97. The summed E-state index contributed by atoms with van der Waals surface area (Å²) in [7, 11) is 0. The molecule has 0 spiro atoms. The molecule has 0 aliphatic carbocycles. The first kappa shape index (κ1) is 16.9. The zero-order valence-electron chi connectivity index (χ0n) is 13.8. The molecule has 0 unspecified atom stereocenters. The maximum Gasteiger partial charge on any atom is 0.319 e. The molecule has 1 saturated heterocycles. The Morgan fingerprint density at radius 1 is 1.20 bits per heavy atom. The minimum Gasteiger partial charge on any atom is -0.502 e. The van der Waals surface area contributed by atoms with Crippen LogP contribution in [-0.4, -0.2) is 24.2 Å². The van der Waals surface area contributed by atoms with Gasteiger partial charge in [-0.15, -0.1) is 0 Å². The van der Waals surface area contributed by atoms with Crippen LogP contribution in [-0.2, 0) is 6.54 Å². The number of carbonyl (C=O) groups is 1. The molecule has 2 heterocycles. The van der Waals surface area contributed by atoms with Crippen LogP contribution in [0.4, 0.5) is 16.2 Å². The van der Waals surface area contributed by atoms with E-state index in [4.69, 9.17) is 9.52 Å². The monoisotopic (exact) mass is 343 g/mol. The number of urea groups is 1. The second kappa shape index (κ2) is 7.74. The molecule has 1 fully saturated rings. The highest BCUT2D eigenvalue weighted by Crippen LogP contribution is 2.28. The standard InChI is InChI=1S/C18H21N3O4/c22-16-10-13(25-12-17(16)23)11-19-18(24)20-14-6-2-3-7-15(14)21-8-4-1-5-9-21/h2-3,6-7,10,12,23H,1,4-5,8-9,11H2,(H2,19,20,24). The molecular weight excluding hydrogens is 322 g/mol. The average molecular weight is 343 g/mol. The lowest BCUT2D eigenvalue weighted by molar-refractivity contribution is 0.250. The minimum absolute atomic E-state index is 0.0488. The van der Waals surface area contributed by atoms with Crippen molar-refractivity contribution in [2.24, 2.45) is 0 Å². The number of aromatic hydroxyl groups is 1. The SMILES string of the molecule is O=C(NCc1cc(=O)c(O)co1)Nc1ccccc1N1CCCCC1. The molecule has 0 atom stereocenters. The Morgan fingerprint density at radius 3 is 2.72 bits per heavy atom. The zero-order valence-corrected chi connectivity index (χ0v) is 13.8. The highest BCUT2D eigenvalue weighted by molar-refractivity contribution is 5.93. The summed E-state index contributed by atoms with van der Waals surface area (Å²) < 4.78 is 5.06. The Morgan fingerprint density at radius 2 is 1.96 bits per heavy atom. The Balaban J connectivity index is 1.62. The molecule has 3 rings (SSSR count). The van der Waals surface area contributed by atoms with E-state index in [2.05, 4.69) is 15.5 Å². The summed E-state index contributed by atoms with van der Waals surface area (Å²) in [5, 5.41) is 14.6. The summed E-state index contributed by atoms with van der Waals surface area (Å²) in [6, 6.07) is 8.46. The van der Waals surface area contributed by atoms with Crippen LogP contribution in [0.5, 0.6) is 5.75 Å². The smallest absolute Gasteiger partial charge is 0.319 e. The first-order valence-electron chi connectivity index (χ1n) is 8.33. The number of piperidine rings is 1. The third-order valence-corrected chi connectivity index (χ3v) is 4.14. The van der Waals surface area contributed by atoms with Gasteiger partial charge in [-0.3, -0.25) is 4.79 Å². The van der Waals surface area contributed by atoms with Crippen LogP contribution in [0.15, 0.2) is 45.8 Å². The molecule has 25 heavy (non-hydrogen) atoms. The van der Waals surface area contributed by atoms with Gasteiger partial charge in [-0.1, -0.05) is 12.1 Å². The van der Waals surface area contributed by atoms with E-state index in [1.165, 1.54) is 6.42 Å². The van der Waals surface area contributed by atoms with Gasteiger partial charge in [-0.05, 0) is 31.4 Å². The van der Waals surface area contributed by atoms with Gasteiger partial charge in [0.05, 0.1) is 17.9 Å². The number of hydrogen-bond acceptors (Lipinski definition) is 5. The van der Waals surface area contributed by atoms with Gasteiger partial charge in [0.2, 0.25) is 5.43 Å². The maximum atomic E-state index is 12.2. The summed E-state index contributed by atoms with van der Waals surface area (Å²) in [6.45, 7) is 2.02. The fraction of sp³-hybridized carbons (Fsp3) is 0.333. The van der Waals surface area contributed by atoms with Crippen LogP contribution in [0.2, 0.25) is 0 Å². The van der Waals surface area contributed by atoms with Crippen molar-refractivity contribution >= 4 is 17.4 Å². The molecule has 3 N–H and O–H groups in total. The number of nitrogens with zero attached hydrogens (tertiary/aromatic N) is 1. The molecule has 1 aliphatic rings. The highest BCUT2D eigenvalue weighted by atomic mass is 16.4. The molecule has 1 aliphatic heterocycles. The van der Waals surface area contributed by atoms with Crippen molar-refractivity contribution in [3.05, 3.63) is 52.6 Å². The Kier molecular flexibility index (Phi) is 5.23. The van der Waals surface area contributed by atoms with E-state index in [9.17, 15) is 9.59 Å². The molecule has 0 radical (unpaired) electrons. The van der Waals surface area contributed by atoms with Crippen LogP contribution < -0.4 is 21.0 Å². The van der Waals surface area contributed by atoms with Gasteiger partial charge in [0.25, 0.3) is 0 Å². The number of rotatable bonds is 4. The van der Waals surface area contributed by atoms with Gasteiger partial charge < -0.3 is 25.1 Å². The normalized spacial score (nSPS) is 14.2.